The molecule has 10 heteroatoms. The highest BCUT2D eigenvalue weighted by Crippen LogP contribution is 2.32. The van der Waals surface area contributed by atoms with Crippen LogP contribution in [0, 0.1) is 13.8 Å². The van der Waals surface area contributed by atoms with Crippen LogP contribution in [0.15, 0.2) is 35.1 Å². The van der Waals surface area contributed by atoms with Gasteiger partial charge in [-0.3, -0.25) is 14.4 Å². The van der Waals surface area contributed by atoms with Crippen molar-refractivity contribution < 1.29 is 19.4 Å². The van der Waals surface area contributed by atoms with Gasteiger partial charge < -0.3 is 20.9 Å². The zero-order valence-electron chi connectivity index (χ0n) is 15.8. The van der Waals surface area contributed by atoms with E-state index >= 15 is 0 Å². The molecule has 0 fully saturated rings. The van der Waals surface area contributed by atoms with Crippen LogP contribution in [0.2, 0.25) is 0 Å². The van der Waals surface area contributed by atoms with E-state index in [1.54, 1.807) is 38.1 Å². The summed E-state index contributed by atoms with van der Waals surface area (Å²) in [6.07, 6.45) is 0. The van der Waals surface area contributed by atoms with Gasteiger partial charge in [0.1, 0.15) is 16.4 Å². The molecule has 29 heavy (non-hydrogen) atoms. The standard InChI is InChI=1S/C19H18N4O5S/c1-9-10(2)29-19(15(9)17(20)26)21-18(27)16-12(24)8-14(25)23(22-16)11-6-4-5-7-13(11)28-3/h4-8,24H,1-3H3,(H2,20,26)(H,21,27). The first-order valence-corrected chi connectivity index (χ1v) is 9.24. The third kappa shape index (κ3) is 3.69. The molecule has 0 aliphatic rings. The van der Waals surface area contributed by atoms with Crippen LogP contribution in [0.3, 0.4) is 0 Å². The first-order chi connectivity index (χ1) is 13.7. The van der Waals surface area contributed by atoms with E-state index in [4.69, 9.17) is 10.5 Å². The van der Waals surface area contributed by atoms with Crippen LogP contribution in [-0.2, 0) is 0 Å². The summed E-state index contributed by atoms with van der Waals surface area (Å²) in [6.45, 7) is 3.51. The summed E-state index contributed by atoms with van der Waals surface area (Å²) in [5.41, 5.74) is 5.53. The lowest BCUT2D eigenvalue weighted by molar-refractivity contribution is 0.100. The second-order valence-corrected chi connectivity index (χ2v) is 7.33. The second-order valence-electron chi connectivity index (χ2n) is 6.11. The van der Waals surface area contributed by atoms with E-state index in [0.717, 1.165) is 15.6 Å². The number of primary amides is 1. The molecular weight excluding hydrogens is 396 g/mol. The molecule has 0 bridgehead atoms. The minimum Gasteiger partial charge on any atom is -0.505 e. The van der Waals surface area contributed by atoms with Crippen LogP contribution >= 0.6 is 11.3 Å². The van der Waals surface area contributed by atoms with Gasteiger partial charge in [-0.15, -0.1) is 11.3 Å². The third-order valence-corrected chi connectivity index (χ3v) is 5.42. The van der Waals surface area contributed by atoms with Gasteiger partial charge in [-0.1, -0.05) is 12.1 Å². The number of aromatic hydroxyl groups is 1. The van der Waals surface area contributed by atoms with Gasteiger partial charge in [-0.05, 0) is 31.5 Å². The largest absolute Gasteiger partial charge is 0.505 e. The minimum atomic E-state index is -0.796. The lowest BCUT2D eigenvalue weighted by Crippen LogP contribution is -2.26. The van der Waals surface area contributed by atoms with Crippen molar-refractivity contribution in [2.24, 2.45) is 5.73 Å². The number of ether oxygens (including phenoxy) is 1. The number of amides is 2. The van der Waals surface area contributed by atoms with Gasteiger partial charge >= 0.3 is 0 Å². The number of nitrogens with one attached hydrogen (secondary N) is 1. The number of anilines is 1. The molecule has 0 radical (unpaired) electrons. The van der Waals surface area contributed by atoms with Gasteiger partial charge in [0.2, 0.25) is 0 Å². The number of carbonyl (C=O) groups is 2. The number of aryl methyl sites for hydroxylation is 1. The number of nitrogens with two attached hydrogens (primary N) is 1. The normalized spacial score (nSPS) is 10.6. The summed E-state index contributed by atoms with van der Waals surface area (Å²) in [4.78, 5) is 37.6. The van der Waals surface area contributed by atoms with Crippen LogP contribution in [0.1, 0.15) is 31.3 Å². The summed E-state index contributed by atoms with van der Waals surface area (Å²) in [7, 11) is 1.44. The van der Waals surface area contributed by atoms with E-state index in [-0.39, 0.29) is 10.6 Å². The number of thiophene rings is 1. The summed E-state index contributed by atoms with van der Waals surface area (Å²) in [5, 5.41) is 16.9. The fourth-order valence-electron chi connectivity index (χ4n) is 2.76. The first-order valence-electron chi connectivity index (χ1n) is 8.42. The Kier molecular flexibility index (Phi) is 5.37. The van der Waals surface area contributed by atoms with Gasteiger partial charge in [-0.25, -0.2) is 0 Å². The molecular formula is C19H18N4O5S. The Balaban J connectivity index is 2.06. The van der Waals surface area contributed by atoms with Crippen LogP contribution in [0.25, 0.3) is 5.69 Å². The Labute approximate surface area is 169 Å². The highest BCUT2D eigenvalue weighted by Gasteiger charge is 2.23. The highest BCUT2D eigenvalue weighted by atomic mass is 32.1. The molecule has 4 N–H and O–H groups in total. The smallest absolute Gasteiger partial charge is 0.280 e. The number of rotatable bonds is 5. The topological polar surface area (TPSA) is 137 Å². The van der Waals surface area contributed by atoms with Gasteiger partial charge in [0, 0.05) is 10.9 Å². The Morgan fingerprint density at radius 2 is 1.97 bits per heavy atom. The molecule has 2 aromatic heterocycles. The maximum Gasteiger partial charge on any atom is 0.280 e. The number of benzene rings is 1. The number of hydrogen-bond donors (Lipinski definition) is 3. The van der Waals surface area contributed by atoms with Crippen molar-refractivity contribution in [3.05, 3.63) is 62.4 Å². The molecule has 0 spiro atoms. The van der Waals surface area contributed by atoms with Gasteiger partial charge in [0.15, 0.2) is 11.4 Å². The van der Waals surface area contributed by atoms with E-state index in [9.17, 15) is 19.5 Å². The predicted molar refractivity (Wildman–Crippen MR) is 108 cm³/mol. The highest BCUT2D eigenvalue weighted by molar-refractivity contribution is 7.16. The van der Waals surface area contributed by atoms with Gasteiger partial charge in [0.05, 0.1) is 12.7 Å². The number of para-hydroxylation sites is 2. The van der Waals surface area contributed by atoms with Crippen molar-refractivity contribution >= 4 is 28.2 Å². The second kappa shape index (κ2) is 7.76. The average molecular weight is 414 g/mol. The van der Waals surface area contributed by atoms with E-state index in [2.05, 4.69) is 10.4 Å². The summed E-state index contributed by atoms with van der Waals surface area (Å²) < 4.78 is 6.18. The fraction of sp³-hybridized carbons (Fsp3) is 0.158. The van der Waals surface area contributed by atoms with Crippen molar-refractivity contribution in [2.75, 3.05) is 12.4 Å². The van der Waals surface area contributed by atoms with Crippen LogP contribution in [0.5, 0.6) is 11.5 Å². The molecule has 2 heterocycles. The van der Waals surface area contributed by atoms with Crippen LogP contribution in [0.4, 0.5) is 5.00 Å². The number of methoxy groups -OCH3 is 1. The number of nitrogens with zero attached hydrogens (tertiary/aromatic N) is 2. The van der Waals surface area contributed by atoms with Crippen molar-refractivity contribution in [3.63, 3.8) is 0 Å². The molecule has 0 atom stereocenters. The molecule has 0 aliphatic carbocycles. The summed E-state index contributed by atoms with van der Waals surface area (Å²) in [6, 6.07) is 7.49. The minimum absolute atomic E-state index is 0.193. The van der Waals surface area contributed by atoms with E-state index in [0.29, 0.717) is 17.0 Å². The average Bonchev–Trinajstić information content (AvgIpc) is 2.95. The maximum absolute atomic E-state index is 12.8. The molecule has 0 saturated heterocycles. The van der Waals surface area contributed by atoms with Gasteiger partial charge in [-0.2, -0.15) is 9.78 Å². The molecule has 2 amide bonds. The maximum atomic E-state index is 12.8. The molecule has 0 unspecified atom stereocenters. The molecule has 0 aliphatic heterocycles. The molecule has 150 valence electrons. The quantitative estimate of drug-likeness (QED) is 0.584. The SMILES string of the molecule is COc1ccccc1-n1nc(C(=O)Nc2sc(C)c(C)c2C(N)=O)c(O)cc1=O. The van der Waals surface area contributed by atoms with Crippen molar-refractivity contribution in [1.29, 1.82) is 0 Å². The Morgan fingerprint density at radius 1 is 1.28 bits per heavy atom. The van der Waals surface area contributed by atoms with Crippen molar-refractivity contribution in [2.45, 2.75) is 13.8 Å². The van der Waals surface area contributed by atoms with Crippen molar-refractivity contribution in [1.82, 2.24) is 9.78 Å². The van der Waals surface area contributed by atoms with E-state index in [1.165, 1.54) is 18.4 Å². The number of hydrogen-bond acceptors (Lipinski definition) is 7. The zero-order valence-corrected chi connectivity index (χ0v) is 16.7. The lowest BCUT2D eigenvalue weighted by atomic mass is 10.1. The molecule has 3 aromatic rings. The molecule has 1 aromatic carbocycles. The Hall–Kier alpha value is -3.66. The number of aromatic nitrogens is 2. The third-order valence-electron chi connectivity index (χ3n) is 4.30. The first kappa shape index (κ1) is 20.1. The number of carbonyl (C=O) groups excluding carboxylic acids is 2. The Morgan fingerprint density at radius 3 is 2.62 bits per heavy atom. The Bertz CT molecular complexity index is 1180. The van der Waals surface area contributed by atoms with Gasteiger partial charge in [0.25, 0.3) is 17.4 Å². The van der Waals surface area contributed by atoms with E-state index in [1.807, 2.05) is 0 Å². The summed E-state index contributed by atoms with van der Waals surface area (Å²) >= 11 is 1.18. The van der Waals surface area contributed by atoms with E-state index < -0.39 is 28.8 Å². The van der Waals surface area contributed by atoms with Crippen LogP contribution < -0.4 is 21.3 Å². The van der Waals surface area contributed by atoms with Crippen LogP contribution in [-0.4, -0.2) is 33.8 Å². The monoisotopic (exact) mass is 414 g/mol. The lowest BCUT2D eigenvalue weighted by Gasteiger charge is -2.12. The molecule has 9 nitrogen and oxygen atoms in total. The molecule has 3 rings (SSSR count). The predicted octanol–water partition coefficient (Wildman–Crippen LogP) is 1.98. The summed E-state index contributed by atoms with van der Waals surface area (Å²) in [5.74, 6) is -1.71. The molecule has 0 saturated carbocycles. The fourth-order valence-corrected chi connectivity index (χ4v) is 3.82. The zero-order chi connectivity index (χ0) is 21.3. The van der Waals surface area contributed by atoms with Crippen molar-refractivity contribution in [3.8, 4) is 17.2 Å².